The average molecular weight is 267 g/mol. The van der Waals surface area contributed by atoms with Gasteiger partial charge in [0.05, 0.1) is 0 Å². The van der Waals surface area contributed by atoms with Crippen LogP contribution in [0.2, 0.25) is 0 Å². The molecule has 1 saturated carbocycles. The smallest absolute Gasteiger partial charge is 0.137 e. The quantitative estimate of drug-likeness (QED) is 0.887. The van der Waals surface area contributed by atoms with Crippen LogP contribution >= 0.6 is 11.8 Å². The normalized spacial score (nSPS) is 18.8. The van der Waals surface area contributed by atoms with Gasteiger partial charge >= 0.3 is 0 Å². The van der Waals surface area contributed by atoms with Crippen molar-refractivity contribution in [2.24, 2.45) is 5.73 Å². The molecular weight excluding hydrogens is 245 g/mol. The van der Waals surface area contributed by atoms with E-state index >= 15 is 0 Å². The molecule has 2 N–H and O–H groups in total. The Morgan fingerprint density at radius 1 is 1.33 bits per heavy atom. The van der Waals surface area contributed by atoms with Gasteiger partial charge in [0.2, 0.25) is 0 Å². The summed E-state index contributed by atoms with van der Waals surface area (Å²) in [4.78, 5) is 0.835. The molecule has 0 aromatic heterocycles. The zero-order valence-electron chi connectivity index (χ0n) is 11.0. The van der Waals surface area contributed by atoms with Gasteiger partial charge in [-0.25, -0.2) is 4.39 Å². The first kappa shape index (κ1) is 13.9. The van der Waals surface area contributed by atoms with Crippen molar-refractivity contribution in [3.8, 4) is 0 Å². The zero-order valence-corrected chi connectivity index (χ0v) is 11.8. The second kappa shape index (κ2) is 6.58. The third kappa shape index (κ3) is 3.72. The highest BCUT2D eigenvalue weighted by atomic mass is 32.2. The molecule has 2 rings (SSSR count). The number of nitrogens with two attached hydrogens (primary N) is 1. The van der Waals surface area contributed by atoms with Gasteiger partial charge < -0.3 is 5.73 Å². The van der Waals surface area contributed by atoms with Crippen LogP contribution in [0.5, 0.6) is 0 Å². The number of halogens is 1. The van der Waals surface area contributed by atoms with Gasteiger partial charge in [-0.05, 0) is 37.8 Å². The Kier molecular flexibility index (Phi) is 5.07. The molecule has 18 heavy (non-hydrogen) atoms. The molecular formula is C15H22FNS. The van der Waals surface area contributed by atoms with Crippen LogP contribution in [0.3, 0.4) is 0 Å². The fourth-order valence-electron chi connectivity index (χ4n) is 2.54. The fraction of sp³-hybridized carbons (Fsp3) is 0.600. The molecule has 0 heterocycles. The topological polar surface area (TPSA) is 26.0 Å². The van der Waals surface area contributed by atoms with E-state index in [9.17, 15) is 4.39 Å². The minimum absolute atomic E-state index is 0.0799. The average Bonchev–Trinajstić information content (AvgIpc) is 2.34. The van der Waals surface area contributed by atoms with Gasteiger partial charge in [-0.3, -0.25) is 0 Å². The Hall–Kier alpha value is -0.540. The highest BCUT2D eigenvalue weighted by molar-refractivity contribution is 8.00. The second-order valence-corrected chi connectivity index (χ2v) is 6.60. The second-order valence-electron chi connectivity index (χ2n) is 5.29. The number of thioether (sulfide) groups is 1. The first-order valence-corrected chi connectivity index (χ1v) is 7.74. The molecule has 1 fully saturated rings. The summed E-state index contributed by atoms with van der Waals surface area (Å²) in [6.45, 7) is 1.97. The van der Waals surface area contributed by atoms with E-state index in [0.29, 0.717) is 5.25 Å². The third-order valence-corrected chi connectivity index (χ3v) is 4.92. The lowest BCUT2D eigenvalue weighted by molar-refractivity contribution is 0.514. The van der Waals surface area contributed by atoms with Crippen LogP contribution in [0.1, 0.15) is 44.6 Å². The van der Waals surface area contributed by atoms with Gasteiger partial charge in [0.15, 0.2) is 0 Å². The van der Waals surface area contributed by atoms with Crippen molar-refractivity contribution in [3.63, 3.8) is 0 Å². The molecule has 1 nitrogen and oxygen atoms in total. The summed E-state index contributed by atoms with van der Waals surface area (Å²) in [6, 6.07) is 5.45. The number of hydrogen-bond acceptors (Lipinski definition) is 2. The predicted octanol–water partition coefficient (Wildman–Crippen LogP) is 4.14. The van der Waals surface area contributed by atoms with Gasteiger partial charge in [0.1, 0.15) is 5.82 Å². The first-order valence-electron chi connectivity index (χ1n) is 6.86. The van der Waals surface area contributed by atoms with Crippen LogP contribution < -0.4 is 5.73 Å². The Morgan fingerprint density at radius 3 is 2.72 bits per heavy atom. The van der Waals surface area contributed by atoms with E-state index in [1.807, 2.05) is 13.0 Å². The van der Waals surface area contributed by atoms with Crippen LogP contribution in [0.25, 0.3) is 0 Å². The molecule has 1 aliphatic carbocycles. The largest absolute Gasteiger partial charge is 0.328 e. The van der Waals surface area contributed by atoms with E-state index in [0.717, 1.165) is 16.9 Å². The Bertz CT molecular complexity index is 386. The van der Waals surface area contributed by atoms with Gasteiger partial charge in [-0.15, -0.1) is 11.8 Å². The molecule has 3 heteroatoms. The molecule has 0 saturated heterocycles. The third-order valence-electron chi connectivity index (χ3n) is 3.43. The minimum Gasteiger partial charge on any atom is -0.328 e. The summed E-state index contributed by atoms with van der Waals surface area (Å²) in [5.41, 5.74) is 6.91. The van der Waals surface area contributed by atoms with Crippen LogP contribution in [-0.4, -0.2) is 11.3 Å². The Labute approximate surface area is 113 Å². The Balaban J connectivity index is 2.13. The highest BCUT2D eigenvalue weighted by Crippen LogP contribution is 2.36. The van der Waals surface area contributed by atoms with Crippen molar-refractivity contribution in [2.75, 3.05) is 0 Å². The van der Waals surface area contributed by atoms with Crippen molar-refractivity contribution >= 4 is 11.8 Å². The van der Waals surface area contributed by atoms with Crippen LogP contribution in [0, 0.1) is 5.82 Å². The number of benzene rings is 1. The molecule has 0 amide bonds. The summed E-state index contributed by atoms with van der Waals surface area (Å²) in [6.07, 6.45) is 7.10. The molecule has 0 spiro atoms. The molecule has 0 radical (unpaired) electrons. The van der Waals surface area contributed by atoms with Crippen LogP contribution in [0.15, 0.2) is 23.1 Å². The summed E-state index contributed by atoms with van der Waals surface area (Å²) >= 11 is 1.73. The molecule has 1 atom stereocenters. The van der Waals surface area contributed by atoms with Crippen molar-refractivity contribution in [1.29, 1.82) is 0 Å². The fourth-order valence-corrected chi connectivity index (χ4v) is 3.93. The van der Waals surface area contributed by atoms with Gasteiger partial charge in [0.25, 0.3) is 0 Å². The first-order chi connectivity index (χ1) is 8.66. The van der Waals surface area contributed by atoms with E-state index in [2.05, 4.69) is 0 Å². The van der Waals surface area contributed by atoms with E-state index < -0.39 is 0 Å². The van der Waals surface area contributed by atoms with Crippen molar-refractivity contribution < 1.29 is 4.39 Å². The maximum atomic E-state index is 14.0. The molecule has 1 aromatic carbocycles. The van der Waals surface area contributed by atoms with Crippen molar-refractivity contribution in [3.05, 3.63) is 29.6 Å². The monoisotopic (exact) mass is 267 g/mol. The lowest BCUT2D eigenvalue weighted by Gasteiger charge is -2.22. The lowest BCUT2D eigenvalue weighted by Crippen LogP contribution is -2.19. The molecule has 100 valence electrons. The van der Waals surface area contributed by atoms with Gasteiger partial charge in [0, 0.05) is 16.2 Å². The van der Waals surface area contributed by atoms with Gasteiger partial charge in [-0.1, -0.05) is 31.4 Å². The van der Waals surface area contributed by atoms with Crippen LogP contribution in [-0.2, 0) is 6.42 Å². The molecule has 0 bridgehead atoms. The SMILES string of the molecule is CC(N)Cc1cccc(F)c1SC1CCCCC1. The van der Waals surface area contributed by atoms with E-state index in [1.165, 1.54) is 32.1 Å². The van der Waals surface area contributed by atoms with Crippen molar-refractivity contribution in [1.82, 2.24) is 0 Å². The van der Waals surface area contributed by atoms with Crippen LogP contribution in [0.4, 0.5) is 4.39 Å². The number of hydrogen-bond donors (Lipinski definition) is 1. The predicted molar refractivity (Wildman–Crippen MR) is 76.5 cm³/mol. The molecule has 1 aromatic rings. The summed E-state index contributed by atoms with van der Waals surface area (Å²) in [5, 5.41) is 0.586. The summed E-state index contributed by atoms with van der Waals surface area (Å²) < 4.78 is 14.0. The number of rotatable bonds is 4. The maximum absolute atomic E-state index is 14.0. The molecule has 1 aliphatic rings. The minimum atomic E-state index is -0.0799. The van der Waals surface area contributed by atoms with Crippen molar-refractivity contribution in [2.45, 2.75) is 61.6 Å². The van der Waals surface area contributed by atoms with E-state index in [4.69, 9.17) is 5.73 Å². The summed E-state index contributed by atoms with van der Waals surface area (Å²) in [5.74, 6) is -0.0799. The Morgan fingerprint density at radius 2 is 2.06 bits per heavy atom. The lowest BCUT2D eigenvalue weighted by atomic mass is 10.0. The molecule has 1 unspecified atom stereocenters. The van der Waals surface area contributed by atoms with Gasteiger partial charge in [-0.2, -0.15) is 0 Å². The van der Waals surface area contributed by atoms with E-state index in [-0.39, 0.29) is 11.9 Å². The highest BCUT2D eigenvalue weighted by Gasteiger charge is 2.19. The molecule has 0 aliphatic heterocycles. The standard InChI is InChI=1S/C15H22FNS/c1-11(17)10-12-6-5-9-14(16)15(12)18-13-7-3-2-4-8-13/h5-6,9,11,13H,2-4,7-8,10,17H2,1H3. The zero-order chi connectivity index (χ0) is 13.0. The maximum Gasteiger partial charge on any atom is 0.137 e. The van der Waals surface area contributed by atoms with E-state index in [1.54, 1.807) is 23.9 Å². The summed E-state index contributed by atoms with van der Waals surface area (Å²) in [7, 11) is 0.